The molecule has 1 atom stereocenters. The largest absolute Gasteiger partial charge is 0.493 e. The van der Waals surface area contributed by atoms with Crippen molar-refractivity contribution in [2.75, 3.05) is 20.3 Å². The molecule has 1 amide bonds. The first-order chi connectivity index (χ1) is 18.5. The van der Waals surface area contributed by atoms with Gasteiger partial charge in [-0.15, -0.1) is 0 Å². The van der Waals surface area contributed by atoms with Crippen molar-refractivity contribution in [3.05, 3.63) is 105 Å². The van der Waals surface area contributed by atoms with E-state index in [4.69, 9.17) is 13.9 Å². The SMILES string of the molecule is CCCCCOc1ccc(C2c3c(oc4ccc(F)cc4c3=O)C(=O)N2CCc2ccccc2)cc1OC. The zero-order chi connectivity index (χ0) is 26.6. The Hall–Kier alpha value is -4.13. The molecule has 3 aromatic carbocycles. The highest BCUT2D eigenvalue weighted by atomic mass is 19.1. The van der Waals surface area contributed by atoms with Crippen LogP contribution in [0.3, 0.4) is 0 Å². The van der Waals surface area contributed by atoms with Gasteiger partial charge in [0.25, 0.3) is 5.91 Å². The Morgan fingerprint density at radius 2 is 1.79 bits per heavy atom. The van der Waals surface area contributed by atoms with Gasteiger partial charge < -0.3 is 18.8 Å². The highest BCUT2D eigenvalue weighted by molar-refractivity contribution is 5.99. The Kier molecular flexibility index (Phi) is 7.45. The van der Waals surface area contributed by atoms with Crippen LogP contribution >= 0.6 is 0 Å². The summed E-state index contributed by atoms with van der Waals surface area (Å²) in [6.07, 6.45) is 3.69. The summed E-state index contributed by atoms with van der Waals surface area (Å²) in [6.45, 7) is 3.06. The van der Waals surface area contributed by atoms with E-state index in [1.54, 1.807) is 24.1 Å². The normalized spacial score (nSPS) is 14.7. The van der Waals surface area contributed by atoms with Crippen LogP contribution in [-0.2, 0) is 6.42 Å². The number of hydrogen-bond acceptors (Lipinski definition) is 5. The first kappa shape index (κ1) is 25.5. The molecule has 38 heavy (non-hydrogen) atoms. The summed E-state index contributed by atoms with van der Waals surface area (Å²) < 4.78 is 31.5. The summed E-state index contributed by atoms with van der Waals surface area (Å²) in [5, 5.41) is 0.106. The second kappa shape index (κ2) is 11.1. The monoisotopic (exact) mass is 515 g/mol. The van der Waals surface area contributed by atoms with Gasteiger partial charge in [-0.3, -0.25) is 9.59 Å². The van der Waals surface area contributed by atoms with Crippen LogP contribution in [0.15, 0.2) is 75.9 Å². The number of unbranched alkanes of at least 4 members (excludes halogenated alkanes) is 2. The number of hydrogen-bond donors (Lipinski definition) is 0. The number of nitrogens with zero attached hydrogens (tertiary/aromatic N) is 1. The molecule has 1 aromatic heterocycles. The molecule has 1 aliphatic heterocycles. The van der Waals surface area contributed by atoms with E-state index in [1.807, 2.05) is 36.4 Å². The van der Waals surface area contributed by atoms with Gasteiger partial charge in [0.05, 0.1) is 30.7 Å². The maximum Gasteiger partial charge on any atom is 0.290 e. The topological polar surface area (TPSA) is 69.0 Å². The third kappa shape index (κ3) is 4.88. The van der Waals surface area contributed by atoms with Gasteiger partial charge in [-0.05, 0) is 54.3 Å². The lowest BCUT2D eigenvalue weighted by Gasteiger charge is -2.26. The van der Waals surface area contributed by atoms with Crippen molar-refractivity contribution >= 4 is 16.9 Å². The number of ether oxygens (including phenoxy) is 2. The third-order valence-electron chi connectivity index (χ3n) is 6.92. The Morgan fingerprint density at radius 3 is 2.55 bits per heavy atom. The zero-order valence-corrected chi connectivity index (χ0v) is 21.5. The number of amides is 1. The molecule has 196 valence electrons. The lowest BCUT2D eigenvalue weighted by Crippen LogP contribution is -2.31. The number of fused-ring (bicyclic) bond motifs is 2. The lowest BCUT2D eigenvalue weighted by molar-refractivity contribution is 0.0730. The molecular weight excluding hydrogens is 485 g/mol. The van der Waals surface area contributed by atoms with Crippen molar-refractivity contribution < 1.29 is 23.1 Å². The van der Waals surface area contributed by atoms with Crippen LogP contribution in [0.4, 0.5) is 4.39 Å². The summed E-state index contributed by atoms with van der Waals surface area (Å²) in [5.74, 6) is 0.187. The van der Waals surface area contributed by atoms with Crippen molar-refractivity contribution in [2.45, 2.75) is 38.6 Å². The van der Waals surface area contributed by atoms with Gasteiger partial charge in [-0.1, -0.05) is 56.2 Å². The Bertz CT molecular complexity index is 1510. The van der Waals surface area contributed by atoms with E-state index in [9.17, 15) is 14.0 Å². The number of benzene rings is 3. The summed E-state index contributed by atoms with van der Waals surface area (Å²) >= 11 is 0. The van der Waals surface area contributed by atoms with Crippen molar-refractivity contribution in [1.82, 2.24) is 4.90 Å². The summed E-state index contributed by atoms with van der Waals surface area (Å²) in [4.78, 5) is 29.0. The van der Waals surface area contributed by atoms with Gasteiger partial charge in [-0.2, -0.15) is 0 Å². The average molecular weight is 516 g/mol. The molecule has 7 heteroatoms. The third-order valence-corrected chi connectivity index (χ3v) is 6.92. The van der Waals surface area contributed by atoms with Crippen molar-refractivity contribution in [3.8, 4) is 11.5 Å². The maximum atomic E-state index is 14.1. The molecule has 0 bridgehead atoms. The van der Waals surface area contributed by atoms with E-state index in [0.717, 1.165) is 30.9 Å². The van der Waals surface area contributed by atoms with Crippen LogP contribution in [0.2, 0.25) is 0 Å². The van der Waals surface area contributed by atoms with E-state index in [-0.39, 0.29) is 28.2 Å². The van der Waals surface area contributed by atoms with Gasteiger partial charge in [0, 0.05) is 6.54 Å². The molecule has 0 fully saturated rings. The highest BCUT2D eigenvalue weighted by Crippen LogP contribution is 2.41. The fraction of sp³-hybridized carbons (Fsp3) is 0.290. The molecule has 5 rings (SSSR count). The number of carbonyl (C=O) groups excluding carboxylic acids is 1. The Morgan fingerprint density at radius 1 is 0.974 bits per heavy atom. The van der Waals surface area contributed by atoms with Gasteiger partial charge in [-0.25, -0.2) is 4.39 Å². The molecule has 2 heterocycles. The van der Waals surface area contributed by atoms with Gasteiger partial charge in [0.15, 0.2) is 16.9 Å². The Labute approximate surface area is 220 Å². The molecular formula is C31H30FNO5. The van der Waals surface area contributed by atoms with E-state index in [1.165, 1.54) is 12.1 Å². The summed E-state index contributed by atoms with van der Waals surface area (Å²) in [6, 6.07) is 18.3. The van der Waals surface area contributed by atoms with E-state index in [2.05, 4.69) is 6.92 Å². The second-order valence-electron chi connectivity index (χ2n) is 9.42. The average Bonchev–Trinajstić information content (AvgIpc) is 3.22. The summed E-state index contributed by atoms with van der Waals surface area (Å²) in [7, 11) is 1.56. The lowest BCUT2D eigenvalue weighted by atomic mass is 9.97. The maximum absolute atomic E-state index is 14.1. The minimum absolute atomic E-state index is 0.00831. The molecule has 4 aromatic rings. The van der Waals surface area contributed by atoms with Crippen LogP contribution in [-0.4, -0.2) is 31.1 Å². The van der Waals surface area contributed by atoms with E-state index in [0.29, 0.717) is 36.6 Å². The van der Waals surface area contributed by atoms with Crippen molar-refractivity contribution in [1.29, 1.82) is 0 Å². The fourth-order valence-corrected chi connectivity index (χ4v) is 4.97. The number of carbonyl (C=O) groups is 1. The number of methoxy groups -OCH3 is 1. The molecule has 0 saturated carbocycles. The van der Waals surface area contributed by atoms with Gasteiger partial charge >= 0.3 is 0 Å². The molecule has 0 radical (unpaired) electrons. The van der Waals surface area contributed by atoms with Crippen molar-refractivity contribution in [3.63, 3.8) is 0 Å². The quantitative estimate of drug-likeness (QED) is 0.232. The van der Waals surface area contributed by atoms with Gasteiger partial charge in [0.1, 0.15) is 11.4 Å². The zero-order valence-electron chi connectivity index (χ0n) is 21.5. The predicted molar refractivity (Wildman–Crippen MR) is 143 cm³/mol. The minimum Gasteiger partial charge on any atom is -0.493 e. The van der Waals surface area contributed by atoms with E-state index < -0.39 is 17.3 Å². The first-order valence-corrected chi connectivity index (χ1v) is 12.9. The molecule has 0 spiro atoms. The first-order valence-electron chi connectivity index (χ1n) is 12.9. The van der Waals surface area contributed by atoms with Crippen LogP contribution in [0, 0.1) is 5.82 Å². The number of halogens is 1. The standard InChI is InChI=1S/C31H30FNO5/c1-3-4-8-17-37-25-13-11-21(18-26(25)36-2)28-27-29(34)23-19-22(32)12-14-24(23)38-30(27)31(35)33(28)16-15-20-9-6-5-7-10-20/h5-7,9-14,18-19,28H,3-4,8,15-17H2,1-2H3. The molecule has 0 N–H and O–H groups in total. The molecule has 1 unspecified atom stereocenters. The van der Waals surface area contributed by atoms with Crippen LogP contribution in [0.5, 0.6) is 11.5 Å². The van der Waals surface area contributed by atoms with Gasteiger partial charge in [0.2, 0.25) is 5.76 Å². The molecule has 0 saturated heterocycles. The second-order valence-corrected chi connectivity index (χ2v) is 9.42. The van der Waals surface area contributed by atoms with Crippen LogP contribution in [0.1, 0.15) is 59.5 Å². The predicted octanol–water partition coefficient (Wildman–Crippen LogP) is 6.30. The van der Waals surface area contributed by atoms with Crippen LogP contribution < -0.4 is 14.9 Å². The fourth-order valence-electron chi connectivity index (χ4n) is 4.97. The number of rotatable bonds is 10. The van der Waals surface area contributed by atoms with Crippen molar-refractivity contribution in [2.24, 2.45) is 0 Å². The smallest absolute Gasteiger partial charge is 0.290 e. The minimum atomic E-state index is -0.715. The highest BCUT2D eigenvalue weighted by Gasteiger charge is 2.42. The molecule has 6 nitrogen and oxygen atoms in total. The molecule has 1 aliphatic rings. The Balaban J connectivity index is 1.58. The molecule has 0 aliphatic carbocycles. The van der Waals surface area contributed by atoms with Crippen LogP contribution in [0.25, 0.3) is 11.0 Å². The summed E-state index contributed by atoms with van der Waals surface area (Å²) in [5.41, 5.74) is 1.72. The van der Waals surface area contributed by atoms with E-state index >= 15 is 0 Å².